The van der Waals surface area contributed by atoms with Gasteiger partial charge in [-0.15, -0.1) is 0 Å². The quantitative estimate of drug-likeness (QED) is 0.809. The lowest BCUT2D eigenvalue weighted by Gasteiger charge is -2.08. The molecule has 0 heterocycles. The summed E-state index contributed by atoms with van der Waals surface area (Å²) in [7, 11) is -3.70. The zero-order valence-corrected chi connectivity index (χ0v) is 12.7. The molecule has 0 fully saturated rings. The highest BCUT2D eigenvalue weighted by Gasteiger charge is 2.15. The Kier molecular flexibility index (Phi) is 4.26. The van der Waals surface area contributed by atoms with Gasteiger partial charge in [-0.25, -0.2) is 0 Å². The van der Waals surface area contributed by atoms with E-state index in [2.05, 4.69) is 0 Å². The van der Waals surface area contributed by atoms with Crippen LogP contribution < -0.4 is 0 Å². The zero-order valence-electron chi connectivity index (χ0n) is 11.9. The molecule has 0 bridgehead atoms. The first kappa shape index (κ1) is 14.8. The van der Waals surface area contributed by atoms with Gasteiger partial charge in [0.15, 0.2) is 0 Å². The van der Waals surface area contributed by atoms with E-state index in [9.17, 15) is 8.42 Å². The van der Waals surface area contributed by atoms with Gasteiger partial charge in [0.2, 0.25) is 0 Å². The van der Waals surface area contributed by atoms with E-state index < -0.39 is 10.1 Å². The van der Waals surface area contributed by atoms with E-state index in [1.165, 1.54) is 0 Å². The molecule has 0 aliphatic carbocycles. The SMILES string of the molecule is Cc1ccc(S(=O)(=O)OCc2cc(C)cc(C)c2)cc1. The molecule has 3 nitrogen and oxygen atoms in total. The summed E-state index contributed by atoms with van der Waals surface area (Å²) in [5.74, 6) is 0. The summed E-state index contributed by atoms with van der Waals surface area (Å²) in [6.45, 7) is 5.92. The number of hydrogen-bond donors (Lipinski definition) is 0. The predicted octanol–water partition coefficient (Wildman–Crippen LogP) is 3.52. The van der Waals surface area contributed by atoms with E-state index in [4.69, 9.17) is 4.18 Å². The minimum atomic E-state index is -3.70. The van der Waals surface area contributed by atoms with E-state index in [1.54, 1.807) is 24.3 Å². The Balaban J connectivity index is 2.15. The largest absolute Gasteiger partial charge is 0.297 e. The van der Waals surface area contributed by atoms with Crippen LogP contribution in [-0.2, 0) is 20.9 Å². The molecule has 0 spiro atoms. The van der Waals surface area contributed by atoms with Crippen molar-refractivity contribution in [2.45, 2.75) is 32.3 Å². The average molecular weight is 290 g/mol. The van der Waals surface area contributed by atoms with Gasteiger partial charge in [0, 0.05) is 0 Å². The molecule has 0 atom stereocenters. The molecular formula is C16H18O3S. The smallest absolute Gasteiger partial charge is 0.262 e. The Bertz CT molecular complexity index is 681. The summed E-state index contributed by atoms with van der Waals surface area (Å²) in [6, 6.07) is 12.5. The van der Waals surface area contributed by atoms with Crippen molar-refractivity contribution in [1.82, 2.24) is 0 Å². The van der Waals surface area contributed by atoms with Crippen molar-refractivity contribution in [3.8, 4) is 0 Å². The van der Waals surface area contributed by atoms with Crippen molar-refractivity contribution in [2.24, 2.45) is 0 Å². The Hall–Kier alpha value is -1.65. The maximum Gasteiger partial charge on any atom is 0.297 e. The Morgan fingerprint density at radius 3 is 1.95 bits per heavy atom. The molecule has 2 aromatic rings. The monoisotopic (exact) mass is 290 g/mol. The van der Waals surface area contributed by atoms with E-state index in [1.807, 2.05) is 39.0 Å². The zero-order chi connectivity index (χ0) is 14.8. The van der Waals surface area contributed by atoms with Crippen molar-refractivity contribution in [3.05, 3.63) is 64.7 Å². The van der Waals surface area contributed by atoms with Gasteiger partial charge in [-0.3, -0.25) is 4.18 Å². The Morgan fingerprint density at radius 2 is 1.40 bits per heavy atom. The second kappa shape index (κ2) is 5.77. The predicted molar refractivity (Wildman–Crippen MR) is 79.1 cm³/mol. The molecule has 0 saturated heterocycles. The van der Waals surface area contributed by atoms with Crippen LogP contribution in [-0.4, -0.2) is 8.42 Å². The second-order valence-corrected chi connectivity index (χ2v) is 6.64. The molecule has 0 aliphatic rings. The molecular weight excluding hydrogens is 272 g/mol. The summed E-state index contributed by atoms with van der Waals surface area (Å²) in [5, 5.41) is 0. The van der Waals surface area contributed by atoms with Gasteiger partial charge in [0.05, 0.1) is 11.5 Å². The molecule has 0 unspecified atom stereocenters. The first-order chi connectivity index (χ1) is 9.37. The van der Waals surface area contributed by atoms with Crippen LogP contribution in [0.1, 0.15) is 22.3 Å². The first-order valence-corrected chi connectivity index (χ1v) is 7.81. The molecule has 0 aliphatic heterocycles. The van der Waals surface area contributed by atoms with Crippen LogP contribution >= 0.6 is 0 Å². The molecule has 0 aromatic heterocycles. The molecule has 20 heavy (non-hydrogen) atoms. The summed E-state index contributed by atoms with van der Waals surface area (Å²) in [5.41, 5.74) is 4.06. The molecule has 0 N–H and O–H groups in total. The van der Waals surface area contributed by atoms with Crippen LogP contribution in [0.2, 0.25) is 0 Å². The first-order valence-electron chi connectivity index (χ1n) is 6.40. The molecule has 2 rings (SSSR count). The third-order valence-electron chi connectivity index (χ3n) is 2.97. The fourth-order valence-corrected chi connectivity index (χ4v) is 2.97. The maximum absolute atomic E-state index is 12.1. The summed E-state index contributed by atoms with van der Waals surface area (Å²) < 4.78 is 29.3. The topological polar surface area (TPSA) is 43.4 Å². The van der Waals surface area contributed by atoms with Crippen LogP contribution in [0.3, 0.4) is 0 Å². The third-order valence-corrected chi connectivity index (χ3v) is 4.25. The Morgan fingerprint density at radius 1 is 0.850 bits per heavy atom. The van der Waals surface area contributed by atoms with Crippen molar-refractivity contribution < 1.29 is 12.6 Å². The van der Waals surface area contributed by atoms with E-state index in [0.29, 0.717) is 0 Å². The lowest BCUT2D eigenvalue weighted by atomic mass is 10.1. The van der Waals surface area contributed by atoms with Crippen LogP contribution in [0.5, 0.6) is 0 Å². The number of rotatable bonds is 4. The van der Waals surface area contributed by atoms with E-state index in [-0.39, 0.29) is 11.5 Å². The highest BCUT2D eigenvalue weighted by atomic mass is 32.2. The van der Waals surface area contributed by atoms with Gasteiger partial charge in [-0.1, -0.05) is 47.0 Å². The number of aryl methyl sites for hydroxylation is 3. The van der Waals surface area contributed by atoms with Gasteiger partial charge >= 0.3 is 0 Å². The summed E-state index contributed by atoms with van der Waals surface area (Å²) in [4.78, 5) is 0.187. The van der Waals surface area contributed by atoms with Gasteiger partial charge in [-0.2, -0.15) is 8.42 Å². The Labute approximate surface area is 120 Å². The molecule has 106 valence electrons. The lowest BCUT2D eigenvalue weighted by Crippen LogP contribution is -2.06. The van der Waals surface area contributed by atoms with E-state index in [0.717, 1.165) is 22.3 Å². The van der Waals surface area contributed by atoms with Crippen LogP contribution in [0.15, 0.2) is 47.4 Å². The van der Waals surface area contributed by atoms with Gasteiger partial charge < -0.3 is 0 Å². The summed E-state index contributed by atoms with van der Waals surface area (Å²) in [6.07, 6.45) is 0. The van der Waals surface area contributed by atoms with Crippen molar-refractivity contribution in [1.29, 1.82) is 0 Å². The minimum Gasteiger partial charge on any atom is -0.262 e. The van der Waals surface area contributed by atoms with Crippen LogP contribution in [0.4, 0.5) is 0 Å². The normalized spacial score (nSPS) is 11.6. The fraction of sp³-hybridized carbons (Fsp3) is 0.250. The van der Waals surface area contributed by atoms with Crippen molar-refractivity contribution in [2.75, 3.05) is 0 Å². The lowest BCUT2D eigenvalue weighted by molar-refractivity contribution is 0.308. The van der Waals surface area contributed by atoms with Crippen LogP contribution in [0, 0.1) is 20.8 Å². The fourth-order valence-electron chi connectivity index (χ4n) is 2.07. The molecule has 4 heteroatoms. The molecule has 0 saturated carbocycles. The number of hydrogen-bond acceptors (Lipinski definition) is 3. The highest BCUT2D eigenvalue weighted by Crippen LogP contribution is 2.16. The van der Waals surface area contributed by atoms with E-state index >= 15 is 0 Å². The molecule has 0 amide bonds. The van der Waals surface area contributed by atoms with Gasteiger partial charge in [0.1, 0.15) is 0 Å². The maximum atomic E-state index is 12.1. The van der Waals surface area contributed by atoms with Crippen molar-refractivity contribution >= 4 is 10.1 Å². The second-order valence-electron chi connectivity index (χ2n) is 5.03. The van der Waals surface area contributed by atoms with Gasteiger partial charge in [0.25, 0.3) is 10.1 Å². The standard InChI is InChI=1S/C16H18O3S/c1-12-4-6-16(7-5-12)20(17,18)19-11-15-9-13(2)8-14(3)10-15/h4-10H,11H2,1-3H3. The van der Waals surface area contributed by atoms with Gasteiger partial charge in [-0.05, 0) is 38.5 Å². The molecule has 0 radical (unpaired) electrons. The average Bonchev–Trinajstić information content (AvgIpc) is 2.36. The minimum absolute atomic E-state index is 0.0543. The summed E-state index contributed by atoms with van der Waals surface area (Å²) >= 11 is 0. The third kappa shape index (κ3) is 3.68. The molecule has 2 aromatic carbocycles. The highest BCUT2D eigenvalue weighted by molar-refractivity contribution is 7.86. The number of benzene rings is 2. The van der Waals surface area contributed by atoms with Crippen molar-refractivity contribution in [3.63, 3.8) is 0 Å². The van der Waals surface area contributed by atoms with Crippen LogP contribution in [0.25, 0.3) is 0 Å².